The summed E-state index contributed by atoms with van der Waals surface area (Å²) in [7, 11) is 0.907. The molecule has 0 radical (unpaired) electrons. The van der Waals surface area contributed by atoms with E-state index in [0.29, 0.717) is 12.8 Å². The number of hydrogen-bond acceptors (Lipinski definition) is 4. The molecule has 0 N–H and O–H groups in total. The number of hydroxylamine groups is 1. The van der Waals surface area contributed by atoms with Gasteiger partial charge in [0.15, 0.2) is 5.69 Å². The lowest BCUT2D eigenvalue weighted by Crippen LogP contribution is -2.47. The van der Waals surface area contributed by atoms with E-state index in [0.717, 1.165) is 18.4 Å². The summed E-state index contributed by atoms with van der Waals surface area (Å²) in [4.78, 5) is 28.7. The SMILES string of the molecule is Cn1nc(F)c(N(OC(=O)N2CCCCC2)C(=O)C(F)(F)F)c1F. The minimum Gasteiger partial charge on any atom is -0.313 e. The average molecular weight is 356 g/mol. The maximum Gasteiger partial charge on any atom is 0.474 e. The van der Waals surface area contributed by atoms with Crippen molar-refractivity contribution >= 4 is 17.7 Å². The van der Waals surface area contributed by atoms with Crippen LogP contribution in [0.2, 0.25) is 0 Å². The van der Waals surface area contributed by atoms with E-state index in [1.54, 1.807) is 0 Å². The third-order valence-corrected chi connectivity index (χ3v) is 3.33. The summed E-state index contributed by atoms with van der Waals surface area (Å²) in [5, 5.41) is 2.18. The highest BCUT2D eigenvalue weighted by molar-refractivity contribution is 5.97. The van der Waals surface area contributed by atoms with Crippen LogP contribution in [0.3, 0.4) is 0 Å². The van der Waals surface area contributed by atoms with Crippen molar-refractivity contribution in [1.82, 2.24) is 14.7 Å². The van der Waals surface area contributed by atoms with Crippen molar-refractivity contribution in [1.29, 1.82) is 0 Å². The highest BCUT2D eigenvalue weighted by Crippen LogP contribution is 2.28. The Balaban J connectivity index is 2.33. The van der Waals surface area contributed by atoms with Crippen molar-refractivity contribution in [3.8, 4) is 0 Å². The number of carbonyl (C=O) groups is 2. The summed E-state index contributed by atoms with van der Waals surface area (Å²) >= 11 is 0. The lowest BCUT2D eigenvalue weighted by atomic mass is 10.1. The minimum absolute atomic E-state index is 0.199. The van der Waals surface area contributed by atoms with E-state index in [4.69, 9.17) is 0 Å². The molecule has 1 saturated heterocycles. The first-order chi connectivity index (χ1) is 11.1. The van der Waals surface area contributed by atoms with E-state index < -0.39 is 40.8 Å². The second-order valence-electron chi connectivity index (χ2n) is 5.06. The van der Waals surface area contributed by atoms with Crippen LogP contribution >= 0.6 is 0 Å². The van der Waals surface area contributed by atoms with Gasteiger partial charge in [-0.25, -0.2) is 9.48 Å². The monoisotopic (exact) mass is 356 g/mol. The highest BCUT2D eigenvalue weighted by Gasteiger charge is 2.48. The maximum absolute atomic E-state index is 13.8. The Morgan fingerprint density at radius 2 is 1.75 bits per heavy atom. The number of hydrogen-bond donors (Lipinski definition) is 0. The number of anilines is 1. The number of likely N-dealkylation sites (tertiary alicyclic amines) is 1. The first-order valence-electron chi connectivity index (χ1n) is 6.89. The van der Waals surface area contributed by atoms with E-state index in [2.05, 4.69) is 9.94 Å². The fourth-order valence-corrected chi connectivity index (χ4v) is 2.15. The summed E-state index contributed by atoms with van der Waals surface area (Å²) < 4.78 is 65.7. The molecule has 0 bridgehead atoms. The van der Waals surface area contributed by atoms with Crippen molar-refractivity contribution in [2.24, 2.45) is 7.05 Å². The fourth-order valence-electron chi connectivity index (χ4n) is 2.15. The van der Waals surface area contributed by atoms with Gasteiger partial charge >= 0.3 is 18.2 Å². The van der Waals surface area contributed by atoms with Crippen molar-refractivity contribution in [2.75, 3.05) is 18.2 Å². The van der Waals surface area contributed by atoms with Crippen LogP contribution in [0, 0.1) is 11.9 Å². The molecule has 2 heterocycles. The Bertz CT molecular complexity index is 639. The van der Waals surface area contributed by atoms with Gasteiger partial charge in [0.05, 0.1) is 0 Å². The largest absolute Gasteiger partial charge is 0.474 e. The Kier molecular flexibility index (Phi) is 4.94. The van der Waals surface area contributed by atoms with Gasteiger partial charge < -0.3 is 9.74 Å². The van der Waals surface area contributed by atoms with Gasteiger partial charge in [-0.05, 0) is 19.3 Å². The average Bonchev–Trinajstić information content (AvgIpc) is 2.77. The van der Waals surface area contributed by atoms with Crippen LogP contribution in [0.4, 0.5) is 32.4 Å². The van der Waals surface area contributed by atoms with Gasteiger partial charge in [0.25, 0.3) is 5.95 Å². The highest BCUT2D eigenvalue weighted by atomic mass is 19.4. The third-order valence-electron chi connectivity index (χ3n) is 3.33. The van der Waals surface area contributed by atoms with Gasteiger partial charge in [0.2, 0.25) is 5.95 Å². The van der Waals surface area contributed by atoms with Gasteiger partial charge in [-0.3, -0.25) is 4.79 Å². The van der Waals surface area contributed by atoms with Crippen LogP contribution in [-0.4, -0.2) is 45.9 Å². The number of rotatable bonds is 1. The minimum atomic E-state index is -5.52. The van der Waals surface area contributed by atoms with Crippen LogP contribution in [0.25, 0.3) is 0 Å². The normalized spacial score (nSPS) is 15.3. The molecule has 2 rings (SSSR count). The van der Waals surface area contributed by atoms with Crippen molar-refractivity contribution < 1.29 is 36.4 Å². The summed E-state index contributed by atoms with van der Waals surface area (Å²) in [6.07, 6.45) is -4.82. The van der Waals surface area contributed by atoms with E-state index in [1.807, 2.05) is 0 Å². The Morgan fingerprint density at radius 1 is 1.17 bits per heavy atom. The Hall–Kier alpha value is -2.40. The Morgan fingerprint density at radius 3 is 2.21 bits per heavy atom. The number of piperidine rings is 1. The molecule has 1 aromatic heterocycles. The van der Waals surface area contributed by atoms with Crippen LogP contribution < -0.4 is 5.06 Å². The predicted octanol–water partition coefficient (Wildman–Crippen LogP) is 2.13. The smallest absolute Gasteiger partial charge is 0.313 e. The molecule has 1 aromatic rings. The summed E-state index contributed by atoms with van der Waals surface area (Å²) in [5.74, 6) is -6.07. The molecule has 24 heavy (non-hydrogen) atoms. The van der Waals surface area contributed by atoms with Crippen LogP contribution in [0.1, 0.15) is 19.3 Å². The first-order valence-corrected chi connectivity index (χ1v) is 6.89. The van der Waals surface area contributed by atoms with Gasteiger partial charge in [-0.15, -0.1) is 10.2 Å². The molecule has 0 atom stereocenters. The topological polar surface area (TPSA) is 67.7 Å². The molecule has 1 aliphatic heterocycles. The van der Waals surface area contributed by atoms with E-state index in [9.17, 15) is 31.5 Å². The number of alkyl halides is 3. The quantitative estimate of drug-likeness (QED) is 0.571. The summed E-state index contributed by atoms with van der Waals surface area (Å²) in [5.41, 5.74) is -1.51. The fraction of sp³-hybridized carbons (Fsp3) is 0.583. The molecule has 7 nitrogen and oxygen atoms in total. The second kappa shape index (κ2) is 6.61. The lowest BCUT2D eigenvalue weighted by molar-refractivity contribution is -0.176. The summed E-state index contributed by atoms with van der Waals surface area (Å²) in [6.45, 7) is 0.399. The van der Waals surface area contributed by atoms with Crippen LogP contribution in [0.15, 0.2) is 0 Å². The molecule has 134 valence electrons. The molecule has 0 unspecified atom stereocenters. The molecule has 1 aliphatic rings. The van der Waals surface area contributed by atoms with Gasteiger partial charge in [0.1, 0.15) is 0 Å². The predicted molar refractivity (Wildman–Crippen MR) is 68.6 cm³/mol. The maximum atomic E-state index is 13.8. The second-order valence-corrected chi connectivity index (χ2v) is 5.06. The number of carbonyl (C=O) groups excluding carboxylic acids is 2. The zero-order valence-electron chi connectivity index (χ0n) is 12.4. The van der Waals surface area contributed by atoms with E-state index in [-0.39, 0.29) is 17.8 Å². The Labute approximate surface area is 132 Å². The first kappa shape index (κ1) is 17.9. The summed E-state index contributed by atoms with van der Waals surface area (Å²) in [6, 6.07) is 0. The molecule has 12 heteroatoms. The van der Waals surface area contributed by atoms with Gasteiger partial charge in [-0.2, -0.15) is 22.0 Å². The number of amides is 2. The van der Waals surface area contributed by atoms with Gasteiger partial charge in [0, 0.05) is 20.1 Å². The van der Waals surface area contributed by atoms with Crippen molar-refractivity contribution in [3.05, 3.63) is 11.9 Å². The van der Waals surface area contributed by atoms with Crippen LogP contribution in [0.5, 0.6) is 0 Å². The molecule has 0 aromatic carbocycles. The number of halogens is 5. The molecular formula is C12H13F5N4O3. The van der Waals surface area contributed by atoms with E-state index in [1.165, 1.54) is 0 Å². The number of nitrogens with zero attached hydrogens (tertiary/aromatic N) is 4. The number of aryl methyl sites for hydroxylation is 1. The standard InChI is InChI=1S/C12H13F5N4O3/c1-19-9(14)7(8(13)18-19)21(10(22)12(15,16)17)24-11(23)20-5-3-2-4-6-20/h2-6H2,1H3. The molecule has 0 spiro atoms. The molecule has 2 amide bonds. The lowest BCUT2D eigenvalue weighted by Gasteiger charge is -2.28. The van der Waals surface area contributed by atoms with E-state index >= 15 is 0 Å². The zero-order chi connectivity index (χ0) is 18.1. The van der Waals surface area contributed by atoms with Crippen molar-refractivity contribution in [3.63, 3.8) is 0 Å². The third kappa shape index (κ3) is 3.57. The van der Waals surface area contributed by atoms with Crippen LogP contribution in [-0.2, 0) is 16.7 Å². The zero-order valence-corrected chi connectivity index (χ0v) is 12.4. The molecule has 0 saturated carbocycles. The van der Waals surface area contributed by atoms with Gasteiger partial charge in [-0.1, -0.05) is 0 Å². The molecular weight excluding hydrogens is 343 g/mol. The molecule has 0 aliphatic carbocycles. The van der Waals surface area contributed by atoms with Crippen molar-refractivity contribution in [2.45, 2.75) is 25.4 Å². The number of aromatic nitrogens is 2. The molecule has 1 fully saturated rings.